The molecule has 0 aromatic carbocycles. The number of aromatic amines is 1. The molecule has 0 saturated heterocycles. The smallest absolute Gasteiger partial charge is 0.319 e. The molecular weight excluding hydrogens is 224 g/mol. The fourth-order valence-corrected chi connectivity index (χ4v) is 1.81. The quantitative estimate of drug-likeness (QED) is 0.621. The summed E-state index contributed by atoms with van der Waals surface area (Å²) in [6.07, 6.45) is 5.14. The highest BCUT2D eigenvalue weighted by molar-refractivity contribution is 5.89. The van der Waals surface area contributed by atoms with Crippen molar-refractivity contribution >= 4 is 17.7 Å². The van der Waals surface area contributed by atoms with E-state index in [0.29, 0.717) is 18.5 Å². The first-order chi connectivity index (χ1) is 8.12. The van der Waals surface area contributed by atoms with Crippen molar-refractivity contribution in [2.45, 2.75) is 19.3 Å². The molecule has 0 atom stereocenters. The number of amides is 2. The summed E-state index contributed by atoms with van der Waals surface area (Å²) in [6, 6.07) is -0.418. The summed E-state index contributed by atoms with van der Waals surface area (Å²) in [5.41, 5.74) is -0.228. The molecule has 1 saturated carbocycles. The Hall–Kier alpha value is -2.05. The Kier molecular flexibility index (Phi) is 2.99. The summed E-state index contributed by atoms with van der Waals surface area (Å²) < 4.78 is 0. The molecule has 7 nitrogen and oxygen atoms in total. The van der Waals surface area contributed by atoms with E-state index in [0.717, 1.165) is 6.42 Å². The molecule has 1 aromatic rings. The number of urea groups is 1. The van der Waals surface area contributed by atoms with E-state index in [4.69, 9.17) is 5.11 Å². The Morgan fingerprint density at radius 1 is 1.53 bits per heavy atom. The molecule has 0 spiro atoms. The Morgan fingerprint density at radius 3 is 2.76 bits per heavy atom. The largest absolute Gasteiger partial charge is 0.481 e. The molecule has 4 N–H and O–H groups in total. The second-order valence-corrected chi connectivity index (χ2v) is 4.23. The molecule has 2 rings (SSSR count). The number of aliphatic carboxylic acids is 1. The molecule has 0 unspecified atom stereocenters. The topological polar surface area (TPSA) is 107 Å². The molecule has 0 bridgehead atoms. The zero-order valence-corrected chi connectivity index (χ0v) is 9.19. The fourth-order valence-electron chi connectivity index (χ4n) is 1.81. The van der Waals surface area contributed by atoms with Crippen LogP contribution in [0.1, 0.15) is 19.3 Å². The molecule has 92 valence electrons. The zero-order valence-electron chi connectivity index (χ0n) is 9.19. The van der Waals surface area contributed by atoms with Gasteiger partial charge in [0.15, 0.2) is 0 Å². The minimum Gasteiger partial charge on any atom is -0.481 e. The van der Waals surface area contributed by atoms with E-state index in [1.165, 1.54) is 12.4 Å². The second kappa shape index (κ2) is 4.44. The van der Waals surface area contributed by atoms with E-state index in [2.05, 4.69) is 20.8 Å². The average molecular weight is 238 g/mol. The number of carbonyl (C=O) groups is 2. The number of nitrogens with one attached hydrogen (secondary N) is 3. The van der Waals surface area contributed by atoms with Crippen molar-refractivity contribution in [3.8, 4) is 0 Å². The van der Waals surface area contributed by atoms with Gasteiger partial charge in [0, 0.05) is 12.7 Å². The van der Waals surface area contributed by atoms with Gasteiger partial charge in [-0.15, -0.1) is 0 Å². The van der Waals surface area contributed by atoms with E-state index >= 15 is 0 Å². The van der Waals surface area contributed by atoms with Gasteiger partial charge in [0.05, 0.1) is 17.3 Å². The third kappa shape index (κ3) is 2.38. The third-order valence-electron chi connectivity index (χ3n) is 3.11. The molecule has 1 heterocycles. The maximum atomic E-state index is 11.5. The maximum Gasteiger partial charge on any atom is 0.319 e. The lowest BCUT2D eigenvalue weighted by Crippen LogP contribution is -2.48. The van der Waals surface area contributed by atoms with Crippen LogP contribution in [0.2, 0.25) is 0 Å². The molecule has 0 radical (unpaired) electrons. The molecule has 7 heteroatoms. The van der Waals surface area contributed by atoms with Crippen LogP contribution in [0, 0.1) is 5.41 Å². The Morgan fingerprint density at radius 2 is 2.29 bits per heavy atom. The molecule has 2 amide bonds. The van der Waals surface area contributed by atoms with Crippen molar-refractivity contribution in [2.75, 3.05) is 11.9 Å². The highest BCUT2D eigenvalue weighted by Crippen LogP contribution is 2.40. The van der Waals surface area contributed by atoms with E-state index in [1.807, 2.05) is 0 Å². The van der Waals surface area contributed by atoms with Crippen LogP contribution < -0.4 is 10.6 Å². The summed E-state index contributed by atoms with van der Waals surface area (Å²) in [5.74, 6) is -0.840. The van der Waals surface area contributed by atoms with Crippen molar-refractivity contribution < 1.29 is 14.7 Å². The van der Waals surface area contributed by atoms with Crippen LogP contribution in [0.15, 0.2) is 12.4 Å². The molecule has 1 aliphatic carbocycles. The third-order valence-corrected chi connectivity index (χ3v) is 3.11. The first kappa shape index (κ1) is 11.4. The Balaban J connectivity index is 1.82. The fraction of sp³-hybridized carbons (Fsp3) is 0.500. The molecule has 1 fully saturated rings. The van der Waals surface area contributed by atoms with Gasteiger partial charge in [-0.3, -0.25) is 9.89 Å². The Bertz CT molecular complexity index is 411. The lowest BCUT2D eigenvalue weighted by molar-refractivity contribution is -0.153. The van der Waals surface area contributed by atoms with Crippen LogP contribution in [-0.2, 0) is 4.79 Å². The molecule has 0 aliphatic heterocycles. The van der Waals surface area contributed by atoms with Gasteiger partial charge in [0.1, 0.15) is 0 Å². The van der Waals surface area contributed by atoms with Gasteiger partial charge in [0.2, 0.25) is 0 Å². The summed E-state index contributed by atoms with van der Waals surface area (Å²) in [7, 11) is 0. The minimum absolute atomic E-state index is 0.159. The van der Waals surface area contributed by atoms with Gasteiger partial charge in [-0.25, -0.2) is 4.79 Å². The van der Waals surface area contributed by atoms with Gasteiger partial charge >= 0.3 is 12.0 Å². The van der Waals surface area contributed by atoms with E-state index in [-0.39, 0.29) is 6.54 Å². The van der Waals surface area contributed by atoms with Crippen molar-refractivity contribution in [2.24, 2.45) is 5.41 Å². The molecular formula is C10H14N4O3. The predicted molar refractivity (Wildman–Crippen MR) is 59.5 cm³/mol. The van der Waals surface area contributed by atoms with Gasteiger partial charge in [-0.05, 0) is 12.8 Å². The molecule has 1 aliphatic rings. The van der Waals surface area contributed by atoms with Crippen molar-refractivity contribution in [1.29, 1.82) is 0 Å². The van der Waals surface area contributed by atoms with E-state index in [1.54, 1.807) is 0 Å². The SMILES string of the molecule is O=C(NCC1(C(=O)O)CCC1)Nc1cn[nH]c1. The lowest BCUT2D eigenvalue weighted by Gasteiger charge is -2.37. The van der Waals surface area contributed by atoms with Crippen LogP contribution >= 0.6 is 0 Å². The minimum atomic E-state index is -0.840. The van der Waals surface area contributed by atoms with Crippen molar-refractivity contribution in [1.82, 2.24) is 15.5 Å². The van der Waals surface area contributed by atoms with Gasteiger partial charge in [-0.2, -0.15) is 5.10 Å². The molecule has 1 aromatic heterocycles. The number of H-pyrrole nitrogens is 1. The number of carboxylic acids is 1. The second-order valence-electron chi connectivity index (χ2n) is 4.23. The van der Waals surface area contributed by atoms with Crippen LogP contribution in [-0.4, -0.2) is 33.8 Å². The summed E-state index contributed by atoms with van der Waals surface area (Å²) >= 11 is 0. The standard InChI is InChI=1S/C10H14N4O3/c15-8(16)10(2-1-3-10)6-11-9(17)14-7-4-12-13-5-7/h4-5H,1-3,6H2,(H,12,13)(H,15,16)(H2,11,14,17). The Labute approximate surface area is 97.6 Å². The summed E-state index contributed by atoms with van der Waals surface area (Å²) in [4.78, 5) is 22.5. The number of hydrogen-bond acceptors (Lipinski definition) is 3. The monoisotopic (exact) mass is 238 g/mol. The van der Waals surface area contributed by atoms with Gasteiger partial charge < -0.3 is 15.7 Å². The normalized spacial score (nSPS) is 16.9. The van der Waals surface area contributed by atoms with E-state index in [9.17, 15) is 9.59 Å². The van der Waals surface area contributed by atoms with Crippen LogP contribution in [0.25, 0.3) is 0 Å². The van der Waals surface area contributed by atoms with Crippen molar-refractivity contribution in [3.05, 3.63) is 12.4 Å². The number of carboxylic acid groups (broad SMARTS) is 1. The number of aromatic nitrogens is 2. The highest BCUT2D eigenvalue weighted by atomic mass is 16.4. The van der Waals surface area contributed by atoms with Gasteiger partial charge in [-0.1, -0.05) is 6.42 Å². The predicted octanol–water partition coefficient (Wildman–Crippen LogP) is 0.786. The van der Waals surface area contributed by atoms with Crippen LogP contribution in [0.5, 0.6) is 0 Å². The van der Waals surface area contributed by atoms with Gasteiger partial charge in [0.25, 0.3) is 0 Å². The first-order valence-corrected chi connectivity index (χ1v) is 5.39. The number of rotatable bonds is 4. The zero-order chi connectivity index (χ0) is 12.3. The number of anilines is 1. The van der Waals surface area contributed by atoms with Crippen LogP contribution in [0.4, 0.5) is 10.5 Å². The number of carbonyl (C=O) groups excluding carboxylic acids is 1. The maximum absolute atomic E-state index is 11.5. The summed E-state index contributed by atoms with van der Waals surface area (Å²) in [6.45, 7) is 0.159. The van der Waals surface area contributed by atoms with Crippen LogP contribution in [0.3, 0.4) is 0 Å². The van der Waals surface area contributed by atoms with E-state index < -0.39 is 17.4 Å². The molecule has 17 heavy (non-hydrogen) atoms. The lowest BCUT2D eigenvalue weighted by atomic mass is 9.69. The summed E-state index contributed by atoms with van der Waals surface area (Å²) in [5, 5.41) is 20.4. The highest BCUT2D eigenvalue weighted by Gasteiger charge is 2.44. The average Bonchev–Trinajstić information content (AvgIpc) is 2.68. The number of nitrogens with zero attached hydrogens (tertiary/aromatic N) is 1. The first-order valence-electron chi connectivity index (χ1n) is 5.39. The van der Waals surface area contributed by atoms with Crippen molar-refractivity contribution in [3.63, 3.8) is 0 Å². The number of hydrogen-bond donors (Lipinski definition) is 4.